The predicted molar refractivity (Wildman–Crippen MR) is 75.2 cm³/mol. The van der Waals surface area contributed by atoms with E-state index in [-0.39, 0.29) is 5.63 Å². The van der Waals surface area contributed by atoms with Crippen LogP contribution in [0.25, 0.3) is 22.4 Å². The van der Waals surface area contributed by atoms with Gasteiger partial charge in [-0.2, -0.15) is 0 Å². The number of benzene rings is 2. The molecule has 19 heavy (non-hydrogen) atoms. The summed E-state index contributed by atoms with van der Waals surface area (Å²) in [6.45, 7) is 3.98. The van der Waals surface area contributed by atoms with Crippen LogP contribution in [0, 0.1) is 13.8 Å². The molecule has 0 spiro atoms. The van der Waals surface area contributed by atoms with Crippen molar-refractivity contribution >= 4 is 10.9 Å². The SMILES string of the molecule is Cc1ccc(C)c(-c2nc3ccccc3c(=O)o2)c1. The molecule has 0 saturated carbocycles. The van der Waals surface area contributed by atoms with Crippen LogP contribution in [0.3, 0.4) is 0 Å². The molecule has 0 saturated heterocycles. The van der Waals surface area contributed by atoms with Gasteiger partial charge in [-0.15, -0.1) is 0 Å². The second-order valence-electron chi connectivity index (χ2n) is 4.64. The number of fused-ring (bicyclic) bond motifs is 1. The Labute approximate surface area is 110 Å². The third-order valence-corrected chi connectivity index (χ3v) is 3.16. The van der Waals surface area contributed by atoms with Crippen molar-refractivity contribution in [2.24, 2.45) is 0 Å². The van der Waals surface area contributed by atoms with E-state index in [0.717, 1.165) is 16.7 Å². The van der Waals surface area contributed by atoms with Crippen molar-refractivity contribution in [3.63, 3.8) is 0 Å². The number of aryl methyl sites for hydroxylation is 2. The molecule has 0 fully saturated rings. The first-order chi connectivity index (χ1) is 9.15. The summed E-state index contributed by atoms with van der Waals surface area (Å²) in [6, 6.07) is 13.2. The molecule has 0 aliphatic heterocycles. The maximum absolute atomic E-state index is 12.0. The smallest absolute Gasteiger partial charge is 0.347 e. The van der Waals surface area contributed by atoms with Gasteiger partial charge in [0.2, 0.25) is 5.89 Å². The van der Waals surface area contributed by atoms with Gasteiger partial charge in [-0.1, -0.05) is 29.8 Å². The molecule has 3 heteroatoms. The molecule has 0 radical (unpaired) electrons. The number of hydrogen-bond donors (Lipinski definition) is 0. The van der Waals surface area contributed by atoms with Crippen LogP contribution in [0.5, 0.6) is 0 Å². The third-order valence-electron chi connectivity index (χ3n) is 3.16. The Hall–Kier alpha value is -2.42. The van der Waals surface area contributed by atoms with Gasteiger partial charge >= 0.3 is 5.63 Å². The van der Waals surface area contributed by atoms with E-state index in [2.05, 4.69) is 4.98 Å². The highest BCUT2D eigenvalue weighted by Crippen LogP contribution is 2.23. The summed E-state index contributed by atoms with van der Waals surface area (Å²) in [5.74, 6) is 0.380. The third kappa shape index (κ3) is 2.03. The molecule has 1 heterocycles. The second-order valence-corrected chi connectivity index (χ2v) is 4.64. The standard InChI is InChI=1S/C16H13NO2/c1-10-7-8-11(2)13(9-10)15-17-14-6-4-3-5-12(14)16(18)19-15/h3-9H,1-2H3. The van der Waals surface area contributed by atoms with Crippen LogP contribution in [0.2, 0.25) is 0 Å². The van der Waals surface area contributed by atoms with Crippen molar-refractivity contribution < 1.29 is 4.42 Å². The van der Waals surface area contributed by atoms with Gasteiger partial charge < -0.3 is 4.42 Å². The average Bonchev–Trinajstić information content (AvgIpc) is 2.41. The monoisotopic (exact) mass is 251 g/mol. The summed E-state index contributed by atoms with van der Waals surface area (Å²) in [7, 11) is 0. The minimum Gasteiger partial charge on any atom is -0.403 e. The van der Waals surface area contributed by atoms with Crippen molar-refractivity contribution in [3.05, 3.63) is 64.0 Å². The van der Waals surface area contributed by atoms with E-state index in [0.29, 0.717) is 16.8 Å². The van der Waals surface area contributed by atoms with Crippen molar-refractivity contribution in [1.82, 2.24) is 4.98 Å². The average molecular weight is 251 g/mol. The maximum atomic E-state index is 12.0. The lowest BCUT2D eigenvalue weighted by atomic mass is 10.1. The van der Waals surface area contributed by atoms with Gasteiger partial charge in [0.25, 0.3) is 0 Å². The predicted octanol–water partition coefficient (Wildman–Crippen LogP) is 3.47. The van der Waals surface area contributed by atoms with E-state index < -0.39 is 0 Å². The Morgan fingerprint density at radius 2 is 1.84 bits per heavy atom. The quantitative estimate of drug-likeness (QED) is 0.665. The Morgan fingerprint density at radius 3 is 2.68 bits per heavy atom. The van der Waals surface area contributed by atoms with E-state index >= 15 is 0 Å². The van der Waals surface area contributed by atoms with Gasteiger partial charge in [0, 0.05) is 5.56 Å². The summed E-state index contributed by atoms with van der Waals surface area (Å²) in [4.78, 5) is 16.4. The molecule has 0 bridgehead atoms. The second kappa shape index (κ2) is 4.35. The fourth-order valence-corrected chi connectivity index (χ4v) is 2.10. The van der Waals surface area contributed by atoms with Gasteiger partial charge in [-0.3, -0.25) is 0 Å². The van der Waals surface area contributed by atoms with Gasteiger partial charge in [-0.05, 0) is 37.6 Å². The van der Waals surface area contributed by atoms with Crippen LogP contribution < -0.4 is 5.63 Å². The van der Waals surface area contributed by atoms with Crippen LogP contribution in [-0.4, -0.2) is 4.98 Å². The van der Waals surface area contributed by atoms with Crippen molar-refractivity contribution in [2.75, 3.05) is 0 Å². The lowest BCUT2D eigenvalue weighted by Crippen LogP contribution is -2.03. The van der Waals surface area contributed by atoms with E-state index in [1.807, 2.05) is 44.2 Å². The molecule has 3 aromatic rings. The molecule has 0 N–H and O–H groups in total. The Morgan fingerprint density at radius 1 is 1.05 bits per heavy atom. The van der Waals surface area contributed by atoms with Crippen LogP contribution in [0.1, 0.15) is 11.1 Å². The van der Waals surface area contributed by atoms with Gasteiger partial charge in [0.05, 0.1) is 10.9 Å². The summed E-state index contributed by atoms with van der Waals surface area (Å²) in [6.07, 6.45) is 0. The zero-order chi connectivity index (χ0) is 13.4. The topological polar surface area (TPSA) is 43.1 Å². The normalized spacial score (nSPS) is 10.8. The molecule has 0 amide bonds. The fraction of sp³-hybridized carbons (Fsp3) is 0.125. The highest BCUT2D eigenvalue weighted by atomic mass is 16.4. The number of aromatic nitrogens is 1. The van der Waals surface area contributed by atoms with Crippen LogP contribution in [0.15, 0.2) is 51.7 Å². The summed E-state index contributed by atoms with van der Waals surface area (Å²) < 4.78 is 5.35. The Bertz CT molecular complexity index is 818. The first kappa shape index (κ1) is 11.7. The number of para-hydroxylation sites is 1. The zero-order valence-corrected chi connectivity index (χ0v) is 10.8. The number of rotatable bonds is 1. The summed E-state index contributed by atoms with van der Waals surface area (Å²) >= 11 is 0. The Balaban J connectivity index is 2.31. The lowest BCUT2D eigenvalue weighted by Gasteiger charge is -2.05. The molecule has 94 valence electrons. The number of nitrogens with zero attached hydrogens (tertiary/aromatic N) is 1. The molecular weight excluding hydrogens is 238 g/mol. The first-order valence-corrected chi connectivity index (χ1v) is 6.12. The van der Waals surface area contributed by atoms with Crippen molar-refractivity contribution in [1.29, 1.82) is 0 Å². The molecule has 2 aromatic carbocycles. The van der Waals surface area contributed by atoms with E-state index in [4.69, 9.17) is 4.42 Å². The van der Waals surface area contributed by atoms with Gasteiger partial charge in [-0.25, -0.2) is 9.78 Å². The van der Waals surface area contributed by atoms with Gasteiger partial charge in [0.1, 0.15) is 0 Å². The highest BCUT2D eigenvalue weighted by molar-refractivity contribution is 5.78. The summed E-state index contributed by atoms with van der Waals surface area (Å²) in [5, 5.41) is 0.511. The fourth-order valence-electron chi connectivity index (χ4n) is 2.10. The summed E-state index contributed by atoms with van der Waals surface area (Å²) in [5.41, 5.74) is 3.33. The first-order valence-electron chi connectivity index (χ1n) is 6.12. The molecular formula is C16H13NO2. The number of hydrogen-bond acceptors (Lipinski definition) is 3. The molecule has 0 aliphatic rings. The van der Waals surface area contributed by atoms with Crippen molar-refractivity contribution in [3.8, 4) is 11.5 Å². The van der Waals surface area contributed by atoms with Crippen LogP contribution in [-0.2, 0) is 0 Å². The van der Waals surface area contributed by atoms with Crippen LogP contribution >= 0.6 is 0 Å². The van der Waals surface area contributed by atoms with Crippen LogP contribution in [0.4, 0.5) is 0 Å². The molecule has 0 aliphatic carbocycles. The molecule has 1 aromatic heterocycles. The zero-order valence-electron chi connectivity index (χ0n) is 10.8. The van der Waals surface area contributed by atoms with Crippen molar-refractivity contribution in [2.45, 2.75) is 13.8 Å². The Kier molecular flexibility index (Phi) is 2.67. The minimum absolute atomic E-state index is 0.346. The maximum Gasteiger partial charge on any atom is 0.347 e. The molecule has 3 nitrogen and oxygen atoms in total. The molecule has 3 rings (SSSR count). The van der Waals surface area contributed by atoms with E-state index in [9.17, 15) is 4.79 Å². The molecule has 0 unspecified atom stereocenters. The van der Waals surface area contributed by atoms with E-state index in [1.165, 1.54) is 0 Å². The lowest BCUT2D eigenvalue weighted by molar-refractivity contribution is 0.518. The highest BCUT2D eigenvalue weighted by Gasteiger charge is 2.10. The van der Waals surface area contributed by atoms with Gasteiger partial charge in [0.15, 0.2) is 0 Å². The molecule has 0 atom stereocenters. The largest absolute Gasteiger partial charge is 0.403 e. The van der Waals surface area contributed by atoms with E-state index in [1.54, 1.807) is 12.1 Å². The minimum atomic E-state index is -0.346.